The maximum absolute atomic E-state index is 12.0. The largest absolute Gasteiger partial charge is 0.462 e. The van der Waals surface area contributed by atoms with Crippen LogP contribution in [-0.4, -0.2) is 18.1 Å². The Hall–Kier alpha value is -1.03. The fraction of sp³-hybridized carbons (Fsp3) is 0.417. The molecule has 0 amide bonds. The van der Waals surface area contributed by atoms with Crippen molar-refractivity contribution in [3.8, 4) is 5.75 Å². The van der Waals surface area contributed by atoms with E-state index in [0.29, 0.717) is 5.75 Å². The summed E-state index contributed by atoms with van der Waals surface area (Å²) in [6.45, 7) is 1.32. The summed E-state index contributed by atoms with van der Waals surface area (Å²) in [5, 5.41) is 2.43. The molecule has 0 fully saturated rings. The van der Waals surface area contributed by atoms with Gasteiger partial charge in [-0.05, 0) is 32.9 Å². The van der Waals surface area contributed by atoms with Gasteiger partial charge in [-0.3, -0.25) is 4.79 Å². The van der Waals surface area contributed by atoms with Gasteiger partial charge >= 0.3 is 12.8 Å². The van der Waals surface area contributed by atoms with Crippen LogP contribution in [0.5, 0.6) is 5.75 Å². The minimum absolute atomic E-state index is 0.249. The lowest BCUT2D eigenvalue weighted by molar-refractivity contribution is -0.148. The van der Waals surface area contributed by atoms with E-state index in [2.05, 4.69) is 5.09 Å². The number of carbonyl (C=O) groups excluding carboxylic acids is 1. The Morgan fingerprint density at radius 3 is 2.37 bits per heavy atom. The second-order valence-electron chi connectivity index (χ2n) is 4.22. The van der Waals surface area contributed by atoms with Gasteiger partial charge in [0.15, 0.2) is 0 Å². The van der Waals surface area contributed by atoms with Crippen LogP contribution in [0, 0.1) is 0 Å². The van der Waals surface area contributed by atoms with E-state index in [-0.39, 0.29) is 6.10 Å². The fourth-order valence-electron chi connectivity index (χ4n) is 1.26. The first-order chi connectivity index (χ1) is 8.80. The van der Waals surface area contributed by atoms with Crippen LogP contribution in [0.15, 0.2) is 30.3 Å². The van der Waals surface area contributed by atoms with Crippen molar-refractivity contribution < 1.29 is 18.6 Å². The standard InChI is InChI=1S/C12H17ClNO4P/c1-9(2)17-12(15)10(3)14-19(13,16)18-11-7-5-4-6-8-11/h4-10H,1-3H3,(H,14,16). The van der Waals surface area contributed by atoms with Crippen molar-refractivity contribution in [2.75, 3.05) is 0 Å². The van der Waals surface area contributed by atoms with Gasteiger partial charge in [0.05, 0.1) is 6.10 Å². The van der Waals surface area contributed by atoms with Gasteiger partial charge in [-0.2, -0.15) is 0 Å². The van der Waals surface area contributed by atoms with Crippen molar-refractivity contribution in [1.82, 2.24) is 5.09 Å². The van der Waals surface area contributed by atoms with Gasteiger partial charge in [0, 0.05) is 11.2 Å². The molecule has 1 N–H and O–H groups in total. The van der Waals surface area contributed by atoms with Gasteiger partial charge in [0.2, 0.25) is 0 Å². The SMILES string of the molecule is CC(C)OC(=O)C(C)NP(=O)(Cl)Oc1ccccc1. The average molecular weight is 306 g/mol. The molecule has 5 nitrogen and oxygen atoms in total. The number of nitrogens with one attached hydrogen (secondary N) is 1. The molecule has 0 saturated heterocycles. The first-order valence-corrected chi connectivity index (χ1v) is 8.36. The Balaban J connectivity index is 2.59. The summed E-state index contributed by atoms with van der Waals surface area (Å²) in [6.07, 6.45) is -0.249. The van der Waals surface area contributed by atoms with Crippen molar-refractivity contribution in [1.29, 1.82) is 0 Å². The number of para-hydroxylation sites is 1. The summed E-state index contributed by atoms with van der Waals surface area (Å²) in [4.78, 5) is 11.6. The van der Waals surface area contributed by atoms with E-state index in [1.165, 1.54) is 6.92 Å². The number of benzene rings is 1. The smallest absolute Gasteiger partial charge is 0.409 e. The monoisotopic (exact) mass is 305 g/mol. The lowest BCUT2D eigenvalue weighted by atomic mass is 10.3. The van der Waals surface area contributed by atoms with Gasteiger partial charge in [0.25, 0.3) is 0 Å². The minimum Gasteiger partial charge on any atom is -0.462 e. The highest BCUT2D eigenvalue weighted by Gasteiger charge is 2.28. The third-order valence-corrected chi connectivity index (χ3v) is 3.66. The minimum atomic E-state index is -3.65. The molecule has 0 aliphatic heterocycles. The molecule has 1 aromatic carbocycles. The highest BCUT2D eigenvalue weighted by atomic mass is 35.7. The third-order valence-electron chi connectivity index (χ3n) is 2.02. The quantitative estimate of drug-likeness (QED) is 0.645. The zero-order valence-corrected chi connectivity index (χ0v) is 12.6. The molecule has 19 heavy (non-hydrogen) atoms. The summed E-state index contributed by atoms with van der Waals surface area (Å²) in [7, 11) is 0. The lowest BCUT2D eigenvalue weighted by Crippen LogP contribution is -2.34. The number of rotatable bonds is 6. The summed E-state index contributed by atoms with van der Waals surface area (Å²) in [5.41, 5.74) is 0. The fourth-order valence-corrected chi connectivity index (χ4v) is 2.95. The topological polar surface area (TPSA) is 64.6 Å². The van der Waals surface area contributed by atoms with Gasteiger partial charge in [0.1, 0.15) is 11.8 Å². The van der Waals surface area contributed by atoms with Crippen LogP contribution in [0.1, 0.15) is 20.8 Å². The van der Waals surface area contributed by atoms with E-state index in [1.54, 1.807) is 44.2 Å². The predicted molar refractivity (Wildman–Crippen MR) is 74.4 cm³/mol. The van der Waals surface area contributed by atoms with Crippen LogP contribution in [0.3, 0.4) is 0 Å². The highest BCUT2D eigenvalue weighted by Crippen LogP contribution is 2.48. The van der Waals surface area contributed by atoms with E-state index in [9.17, 15) is 9.36 Å². The predicted octanol–water partition coefficient (Wildman–Crippen LogP) is 3.34. The van der Waals surface area contributed by atoms with E-state index in [4.69, 9.17) is 20.5 Å². The number of halogens is 1. The molecule has 2 unspecified atom stereocenters. The lowest BCUT2D eigenvalue weighted by Gasteiger charge is -2.19. The number of hydrogen-bond donors (Lipinski definition) is 1. The summed E-state index contributed by atoms with van der Waals surface area (Å²) >= 11 is 5.76. The van der Waals surface area contributed by atoms with Gasteiger partial charge in [-0.1, -0.05) is 18.2 Å². The molecule has 0 aliphatic rings. The molecule has 0 aromatic heterocycles. The van der Waals surface area contributed by atoms with Crippen molar-refractivity contribution in [2.24, 2.45) is 0 Å². The van der Waals surface area contributed by atoms with E-state index >= 15 is 0 Å². The molecule has 0 bridgehead atoms. The Bertz CT molecular complexity index is 466. The zero-order valence-electron chi connectivity index (χ0n) is 11.0. The number of hydrogen-bond acceptors (Lipinski definition) is 4. The molecule has 0 aliphatic carbocycles. The average Bonchev–Trinajstić information content (AvgIpc) is 2.27. The maximum Gasteiger partial charge on any atom is 0.409 e. The van der Waals surface area contributed by atoms with E-state index in [1.807, 2.05) is 0 Å². The van der Waals surface area contributed by atoms with Gasteiger partial charge in [-0.15, -0.1) is 0 Å². The van der Waals surface area contributed by atoms with Crippen LogP contribution < -0.4 is 9.61 Å². The second-order valence-corrected chi connectivity index (χ2v) is 6.96. The van der Waals surface area contributed by atoms with Crippen LogP contribution in [-0.2, 0) is 14.1 Å². The first-order valence-electron chi connectivity index (χ1n) is 5.83. The van der Waals surface area contributed by atoms with Crippen LogP contribution in [0.4, 0.5) is 0 Å². The van der Waals surface area contributed by atoms with Gasteiger partial charge < -0.3 is 9.26 Å². The van der Waals surface area contributed by atoms with Crippen molar-refractivity contribution in [3.05, 3.63) is 30.3 Å². The Kier molecular flexibility index (Phi) is 5.85. The summed E-state index contributed by atoms with van der Waals surface area (Å²) in [5.74, 6) is -0.176. The molecule has 2 atom stereocenters. The molecule has 0 saturated carbocycles. The highest BCUT2D eigenvalue weighted by molar-refractivity contribution is 7.84. The molecule has 0 radical (unpaired) electrons. The Morgan fingerprint density at radius 1 is 1.26 bits per heavy atom. The molecule has 106 valence electrons. The first kappa shape index (κ1) is 16.0. The molecule has 1 aromatic rings. The molecule has 0 heterocycles. The van der Waals surface area contributed by atoms with Crippen molar-refractivity contribution in [2.45, 2.75) is 32.9 Å². The Labute approximate surface area is 117 Å². The Morgan fingerprint density at radius 2 is 1.84 bits per heavy atom. The molecular weight excluding hydrogens is 289 g/mol. The third kappa shape index (κ3) is 6.10. The van der Waals surface area contributed by atoms with E-state index < -0.39 is 18.9 Å². The molecular formula is C12H17ClNO4P. The van der Waals surface area contributed by atoms with Crippen LogP contribution in [0.2, 0.25) is 0 Å². The normalized spacial score (nSPS) is 15.6. The molecule has 7 heteroatoms. The van der Waals surface area contributed by atoms with Crippen LogP contribution >= 0.6 is 18.1 Å². The second kappa shape index (κ2) is 6.94. The molecule has 1 rings (SSSR count). The zero-order chi connectivity index (χ0) is 14.5. The van der Waals surface area contributed by atoms with E-state index in [0.717, 1.165) is 0 Å². The van der Waals surface area contributed by atoms with Crippen molar-refractivity contribution >= 4 is 24.1 Å². The molecule has 0 spiro atoms. The van der Waals surface area contributed by atoms with Gasteiger partial charge in [-0.25, -0.2) is 9.65 Å². The summed E-state index contributed by atoms with van der Waals surface area (Å²) in [6, 6.07) is 7.66. The maximum atomic E-state index is 12.0. The number of ether oxygens (including phenoxy) is 1. The number of carbonyl (C=O) groups is 1. The number of esters is 1. The summed E-state index contributed by atoms with van der Waals surface area (Å²) < 4.78 is 22.1. The van der Waals surface area contributed by atoms with Crippen molar-refractivity contribution in [3.63, 3.8) is 0 Å². The van der Waals surface area contributed by atoms with Crippen LogP contribution in [0.25, 0.3) is 0 Å².